The number of anilines is 2. The molecule has 0 aliphatic carbocycles. The van der Waals surface area contributed by atoms with Crippen molar-refractivity contribution in [3.8, 4) is 0 Å². The summed E-state index contributed by atoms with van der Waals surface area (Å²) >= 11 is 13.3. The van der Waals surface area contributed by atoms with Gasteiger partial charge in [-0.15, -0.1) is 11.3 Å². The lowest BCUT2D eigenvalue weighted by atomic mass is 10.2. The van der Waals surface area contributed by atoms with Crippen molar-refractivity contribution in [2.45, 2.75) is 13.0 Å². The number of fused-ring (bicyclic) bond motifs is 1. The number of aryl methyl sites for hydroxylation is 1. The van der Waals surface area contributed by atoms with E-state index in [9.17, 15) is 9.59 Å². The van der Waals surface area contributed by atoms with Crippen molar-refractivity contribution in [2.24, 2.45) is 0 Å². The second kappa shape index (κ2) is 6.80. The summed E-state index contributed by atoms with van der Waals surface area (Å²) in [6, 6.07) is 4.77. The maximum Gasteiger partial charge on any atom is 0.262 e. The number of hydrogen-bond acceptors (Lipinski definition) is 5. The zero-order valence-corrected chi connectivity index (χ0v) is 14.6. The van der Waals surface area contributed by atoms with Crippen LogP contribution >= 0.6 is 34.5 Å². The first-order valence-electron chi connectivity index (χ1n) is 6.92. The minimum Gasteiger partial charge on any atom is -0.396 e. The fraction of sp³-hybridized carbons (Fsp3) is 0.133. The van der Waals surface area contributed by atoms with Gasteiger partial charge in [-0.2, -0.15) is 0 Å². The highest BCUT2D eigenvalue weighted by molar-refractivity contribution is 7.16. The number of nitrogen functional groups attached to an aromatic ring is 1. The van der Waals surface area contributed by atoms with E-state index in [4.69, 9.17) is 28.9 Å². The molecule has 2 heterocycles. The summed E-state index contributed by atoms with van der Waals surface area (Å²) in [6.45, 7) is 0.222. The fourth-order valence-corrected chi connectivity index (χ4v) is 3.36. The van der Waals surface area contributed by atoms with Crippen LogP contribution in [0.15, 0.2) is 34.7 Å². The normalized spacial score (nSPS) is 10.9. The quantitative estimate of drug-likeness (QED) is 0.676. The van der Waals surface area contributed by atoms with Crippen molar-refractivity contribution in [2.75, 3.05) is 11.1 Å². The molecular weight excluding hydrogens is 371 g/mol. The van der Waals surface area contributed by atoms with Gasteiger partial charge >= 0.3 is 0 Å². The summed E-state index contributed by atoms with van der Waals surface area (Å²) in [7, 11) is 0. The minimum absolute atomic E-state index is 0.108. The number of thiophene rings is 1. The third kappa shape index (κ3) is 3.38. The molecular formula is C15H12Cl2N4O2S. The Balaban J connectivity index is 1.69. The van der Waals surface area contributed by atoms with Gasteiger partial charge in [-0.05, 0) is 23.6 Å². The van der Waals surface area contributed by atoms with Crippen molar-refractivity contribution in [3.63, 3.8) is 0 Å². The van der Waals surface area contributed by atoms with Crippen LogP contribution in [0.2, 0.25) is 10.0 Å². The summed E-state index contributed by atoms with van der Waals surface area (Å²) in [5.74, 6) is -0.274. The summed E-state index contributed by atoms with van der Waals surface area (Å²) in [5, 5.41) is 5.57. The SMILES string of the molecule is Nc1c(Cl)cc(NC(=O)CCn2cnc3sccc3c2=O)cc1Cl. The van der Waals surface area contributed by atoms with Crippen LogP contribution in [0.25, 0.3) is 10.2 Å². The molecule has 1 aromatic carbocycles. The highest BCUT2D eigenvalue weighted by atomic mass is 35.5. The average molecular weight is 383 g/mol. The lowest BCUT2D eigenvalue weighted by Crippen LogP contribution is -2.23. The molecule has 124 valence electrons. The van der Waals surface area contributed by atoms with Gasteiger partial charge in [-0.3, -0.25) is 14.2 Å². The number of nitrogens with one attached hydrogen (secondary N) is 1. The zero-order chi connectivity index (χ0) is 17.3. The Morgan fingerprint density at radius 2 is 2.04 bits per heavy atom. The second-order valence-corrected chi connectivity index (χ2v) is 6.74. The predicted octanol–water partition coefficient (Wildman–Crippen LogP) is 3.38. The molecule has 3 N–H and O–H groups in total. The Bertz CT molecular complexity index is 960. The van der Waals surface area contributed by atoms with Crippen molar-refractivity contribution < 1.29 is 4.79 Å². The van der Waals surface area contributed by atoms with Crippen molar-refractivity contribution in [1.29, 1.82) is 0 Å². The van der Waals surface area contributed by atoms with E-state index in [-0.39, 0.29) is 40.2 Å². The van der Waals surface area contributed by atoms with Crippen LogP contribution in [0.1, 0.15) is 6.42 Å². The number of carbonyl (C=O) groups is 1. The largest absolute Gasteiger partial charge is 0.396 e. The van der Waals surface area contributed by atoms with E-state index < -0.39 is 0 Å². The standard InChI is InChI=1S/C15H12Cl2N4O2S/c16-10-5-8(6-11(17)13(10)18)20-12(22)1-3-21-7-19-14-9(15(21)23)2-4-24-14/h2,4-7H,1,3,18H2,(H,20,22). The van der Waals surface area contributed by atoms with E-state index in [0.29, 0.717) is 15.9 Å². The molecule has 0 aliphatic rings. The molecule has 0 atom stereocenters. The molecule has 3 rings (SSSR count). The minimum atomic E-state index is -0.274. The van der Waals surface area contributed by atoms with Crippen molar-refractivity contribution in [3.05, 3.63) is 50.3 Å². The van der Waals surface area contributed by atoms with Crippen LogP contribution in [0.3, 0.4) is 0 Å². The molecule has 3 aromatic rings. The molecule has 0 bridgehead atoms. The zero-order valence-electron chi connectivity index (χ0n) is 12.3. The number of rotatable bonds is 4. The molecule has 24 heavy (non-hydrogen) atoms. The van der Waals surface area contributed by atoms with Gasteiger partial charge in [0.25, 0.3) is 5.56 Å². The topological polar surface area (TPSA) is 90.0 Å². The Morgan fingerprint density at radius 3 is 2.75 bits per heavy atom. The maximum absolute atomic E-state index is 12.2. The molecule has 6 nitrogen and oxygen atoms in total. The van der Waals surface area contributed by atoms with E-state index in [1.54, 1.807) is 6.07 Å². The van der Waals surface area contributed by atoms with Crippen LogP contribution in [0.4, 0.5) is 11.4 Å². The molecule has 1 amide bonds. The number of halogens is 2. The molecule has 0 spiro atoms. The van der Waals surface area contributed by atoms with Crippen molar-refractivity contribution in [1.82, 2.24) is 9.55 Å². The smallest absolute Gasteiger partial charge is 0.262 e. The van der Waals surface area contributed by atoms with Gasteiger partial charge in [0.2, 0.25) is 5.91 Å². The highest BCUT2D eigenvalue weighted by Gasteiger charge is 2.10. The predicted molar refractivity (Wildman–Crippen MR) is 98.0 cm³/mol. The summed E-state index contributed by atoms with van der Waals surface area (Å²) in [5.41, 5.74) is 6.20. The Kier molecular flexibility index (Phi) is 4.75. The number of benzene rings is 1. The molecule has 0 aliphatic heterocycles. The number of hydrogen-bond donors (Lipinski definition) is 2. The van der Waals surface area contributed by atoms with Crippen LogP contribution in [0.5, 0.6) is 0 Å². The van der Waals surface area contributed by atoms with Gasteiger partial charge in [-0.25, -0.2) is 4.98 Å². The first kappa shape index (κ1) is 16.8. The van der Waals surface area contributed by atoms with E-state index in [2.05, 4.69) is 10.3 Å². The third-order valence-corrected chi connectivity index (χ3v) is 4.84. The fourth-order valence-electron chi connectivity index (χ4n) is 2.15. The number of aromatic nitrogens is 2. The Hall–Kier alpha value is -2.09. The molecule has 0 radical (unpaired) electrons. The maximum atomic E-state index is 12.2. The molecule has 9 heteroatoms. The molecule has 0 saturated heterocycles. The van der Waals surface area contributed by atoms with Gasteiger partial charge in [0.15, 0.2) is 0 Å². The first-order valence-corrected chi connectivity index (χ1v) is 8.56. The van der Waals surface area contributed by atoms with Gasteiger partial charge < -0.3 is 11.1 Å². The average Bonchev–Trinajstić information content (AvgIpc) is 3.01. The lowest BCUT2D eigenvalue weighted by molar-refractivity contribution is -0.116. The van der Waals surface area contributed by atoms with Gasteiger partial charge in [0.1, 0.15) is 4.83 Å². The van der Waals surface area contributed by atoms with Crippen molar-refractivity contribution >= 4 is 62.0 Å². The number of nitrogens with zero attached hydrogens (tertiary/aromatic N) is 2. The summed E-state index contributed by atoms with van der Waals surface area (Å²) < 4.78 is 1.41. The van der Waals surface area contributed by atoms with E-state index >= 15 is 0 Å². The Labute approximate surface area is 150 Å². The Morgan fingerprint density at radius 1 is 1.33 bits per heavy atom. The molecule has 0 saturated carbocycles. The first-order chi connectivity index (χ1) is 11.5. The molecule has 2 aromatic heterocycles. The lowest BCUT2D eigenvalue weighted by Gasteiger charge is -2.09. The van der Waals surface area contributed by atoms with E-state index in [1.807, 2.05) is 5.38 Å². The number of carbonyl (C=O) groups excluding carboxylic acids is 1. The van der Waals surface area contributed by atoms with Gasteiger partial charge in [-0.1, -0.05) is 23.2 Å². The second-order valence-electron chi connectivity index (χ2n) is 5.03. The number of nitrogens with two attached hydrogens (primary N) is 1. The van der Waals surface area contributed by atoms with Crippen LogP contribution in [-0.4, -0.2) is 15.5 Å². The van der Waals surface area contributed by atoms with Crippen LogP contribution in [-0.2, 0) is 11.3 Å². The van der Waals surface area contributed by atoms with Gasteiger partial charge in [0.05, 0.1) is 27.4 Å². The van der Waals surface area contributed by atoms with E-state index in [1.165, 1.54) is 34.4 Å². The highest BCUT2D eigenvalue weighted by Crippen LogP contribution is 2.31. The van der Waals surface area contributed by atoms with Gasteiger partial charge in [0, 0.05) is 18.7 Å². The van der Waals surface area contributed by atoms with E-state index in [0.717, 1.165) is 0 Å². The summed E-state index contributed by atoms with van der Waals surface area (Å²) in [4.78, 5) is 29.2. The van der Waals surface area contributed by atoms with Crippen LogP contribution < -0.4 is 16.6 Å². The molecule has 0 unspecified atom stereocenters. The summed E-state index contributed by atoms with van der Waals surface area (Å²) in [6.07, 6.45) is 1.56. The number of amides is 1. The third-order valence-electron chi connectivity index (χ3n) is 3.39. The van der Waals surface area contributed by atoms with Crippen LogP contribution in [0, 0.1) is 0 Å². The monoisotopic (exact) mass is 382 g/mol. The molecule has 0 fully saturated rings.